The summed E-state index contributed by atoms with van der Waals surface area (Å²) in [4.78, 5) is 2.32. The zero-order valence-corrected chi connectivity index (χ0v) is 11.7. The minimum absolute atomic E-state index is 0.393. The third-order valence-corrected chi connectivity index (χ3v) is 3.90. The van der Waals surface area contributed by atoms with Gasteiger partial charge in [-0.3, -0.25) is 4.90 Å². The first-order valence-electron chi connectivity index (χ1n) is 7.06. The molecule has 1 aromatic carbocycles. The fraction of sp³-hybridized carbons (Fsp3) is 0.467. The Morgan fingerprint density at radius 1 is 1.25 bits per heavy atom. The molecule has 1 aromatic heterocycles. The molecule has 106 valence electrons. The molecule has 3 rings (SSSR count). The van der Waals surface area contributed by atoms with Crippen LogP contribution in [-0.4, -0.2) is 37.9 Å². The van der Waals surface area contributed by atoms with Crippen molar-refractivity contribution in [1.82, 2.24) is 19.7 Å². The normalized spacial score (nSPS) is 16.9. The fourth-order valence-electron chi connectivity index (χ4n) is 2.57. The highest BCUT2D eigenvalue weighted by Crippen LogP contribution is 2.19. The van der Waals surface area contributed by atoms with E-state index in [9.17, 15) is 5.11 Å². The lowest BCUT2D eigenvalue weighted by Crippen LogP contribution is -2.34. The topological polar surface area (TPSA) is 54.2 Å². The summed E-state index contributed by atoms with van der Waals surface area (Å²) in [6, 6.07) is 8.10. The zero-order chi connectivity index (χ0) is 13.9. The number of aryl methyl sites for hydroxylation is 1. The van der Waals surface area contributed by atoms with Crippen LogP contribution in [0.4, 0.5) is 0 Å². The molecule has 5 nitrogen and oxygen atoms in total. The molecule has 0 saturated carbocycles. The summed E-state index contributed by atoms with van der Waals surface area (Å²) in [6.45, 7) is 5.68. The van der Waals surface area contributed by atoms with Gasteiger partial charge in [0.1, 0.15) is 12.2 Å². The highest BCUT2D eigenvalue weighted by Gasteiger charge is 2.18. The van der Waals surface area contributed by atoms with Crippen LogP contribution < -0.4 is 0 Å². The number of aliphatic hydroxyl groups excluding tert-OH is 1. The molecule has 5 heteroatoms. The number of fused-ring (bicyclic) bond motifs is 1. The van der Waals surface area contributed by atoms with Gasteiger partial charge in [0.05, 0.1) is 12.6 Å². The first-order valence-corrected chi connectivity index (χ1v) is 7.06. The van der Waals surface area contributed by atoms with E-state index in [0.29, 0.717) is 0 Å². The van der Waals surface area contributed by atoms with Crippen molar-refractivity contribution in [1.29, 1.82) is 0 Å². The zero-order valence-electron chi connectivity index (χ0n) is 11.7. The molecule has 2 heterocycles. The van der Waals surface area contributed by atoms with Gasteiger partial charge in [-0.15, -0.1) is 10.2 Å². The summed E-state index contributed by atoms with van der Waals surface area (Å²) < 4.78 is 2.09. The Kier molecular flexibility index (Phi) is 3.80. The van der Waals surface area contributed by atoms with Crippen molar-refractivity contribution < 1.29 is 5.11 Å². The van der Waals surface area contributed by atoms with Crippen LogP contribution in [0, 0.1) is 6.92 Å². The van der Waals surface area contributed by atoms with Gasteiger partial charge in [-0.25, -0.2) is 0 Å². The Bertz CT molecular complexity index is 564. The van der Waals surface area contributed by atoms with E-state index in [4.69, 9.17) is 0 Å². The summed E-state index contributed by atoms with van der Waals surface area (Å²) in [5, 5.41) is 18.3. The van der Waals surface area contributed by atoms with Crippen LogP contribution >= 0.6 is 0 Å². The molecule has 1 unspecified atom stereocenters. The van der Waals surface area contributed by atoms with Gasteiger partial charge in [0.2, 0.25) is 0 Å². The second-order valence-corrected chi connectivity index (χ2v) is 5.43. The average molecular weight is 272 g/mol. The van der Waals surface area contributed by atoms with Gasteiger partial charge < -0.3 is 9.67 Å². The highest BCUT2D eigenvalue weighted by molar-refractivity contribution is 5.23. The number of hydrogen-bond acceptors (Lipinski definition) is 4. The molecule has 2 aromatic rings. The third kappa shape index (κ3) is 2.89. The second kappa shape index (κ2) is 5.73. The van der Waals surface area contributed by atoms with Gasteiger partial charge in [0, 0.05) is 19.6 Å². The lowest BCUT2D eigenvalue weighted by molar-refractivity contribution is 0.130. The Hall–Kier alpha value is -1.72. The third-order valence-electron chi connectivity index (χ3n) is 3.90. The number of aromatic nitrogens is 3. The van der Waals surface area contributed by atoms with Gasteiger partial charge in [0.15, 0.2) is 0 Å². The van der Waals surface area contributed by atoms with E-state index in [2.05, 4.69) is 26.6 Å². The molecular weight excluding hydrogens is 252 g/mol. The van der Waals surface area contributed by atoms with Crippen molar-refractivity contribution in [2.24, 2.45) is 0 Å². The molecule has 1 atom stereocenters. The maximum Gasteiger partial charge on any atom is 0.147 e. The van der Waals surface area contributed by atoms with Crippen LogP contribution in [0.2, 0.25) is 0 Å². The minimum Gasteiger partial charge on any atom is -0.388 e. The Balaban J connectivity index is 1.54. The van der Waals surface area contributed by atoms with Crippen LogP contribution in [0.3, 0.4) is 0 Å². The smallest absolute Gasteiger partial charge is 0.147 e. The molecule has 0 aliphatic carbocycles. The molecule has 20 heavy (non-hydrogen) atoms. The molecule has 0 saturated heterocycles. The molecule has 0 bridgehead atoms. The van der Waals surface area contributed by atoms with E-state index in [0.717, 1.165) is 44.0 Å². The fourth-order valence-corrected chi connectivity index (χ4v) is 2.57. The monoisotopic (exact) mass is 272 g/mol. The molecule has 0 fully saturated rings. The Labute approximate surface area is 118 Å². The molecule has 0 spiro atoms. The van der Waals surface area contributed by atoms with Crippen molar-refractivity contribution >= 4 is 0 Å². The van der Waals surface area contributed by atoms with Crippen LogP contribution in [0.15, 0.2) is 30.6 Å². The second-order valence-electron chi connectivity index (χ2n) is 5.43. The molecule has 1 aliphatic heterocycles. The van der Waals surface area contributed by atoms with E-state index in [1.54, 1.807) is 6.33 Å². The largest absolute Gasteiger partial charge is 0.388 e. The molecule has 1 N–H and O–H groups in total. The predicted octanol–water partition coefficient (Wildman–Crippen LogP) is 1.53. The Morgan fingerprint density at radius 3 is 2.85 bits per heavy atom. The van der Waals surface area contributed by atoms with Gasteiger partial charge in [0.25, 0.3) is 0 Å². The summed E-state index contributed by atoms with van der Waals surface area (Å²) in [5.41, 5.74) is 2.21. The molecule has 0 radical (unpaired) electrons. The number of aliphatic hydroxyl groups is 1. The van der Waals surface area contributed by atoms with Gasteiger partial charge in [-0.1, -0.05) is 29.8 Å². The van der Waals surface area contributed by atoms with Crippen LogP contribution in [0.5, 0.6) is 0 Å². The van der Waals surface area contributed by atoms with E-state index in [1.165, 1.54) is 5.56 Å². The van der Waals surface area contributed by atoms with Crippen LogP contribution in [0.1, 0.15) is 29.5 Å². The van der Waals surface area contributed by atoms with E-state index in [-0.39, 0.29) is 0 Å². The average Bonchev–Trinajstić information content (AvgIpc) is 2.93. The summed E-state index contributed by atoms with van der Waals surface area (Å²) >= 11 is 0. The molecule has 0 amide bonds. The maximum atomic E-state index is 10.2. The van der Waals surface area contributed by atoms with E-state index < -0.39 is 6.10 Å². The first-order chi connectivity index (χ1) is 9.72. The summed E-state index contributed by atoms with van der Waals surface area (Å²) in [5.74, 6) is 1.01. The van der Waals surface area contributed by atoms with Gasteiger partial charge in [-0.2, -0.15) is 0 Å². The van der Waals surface area contributed by atoms with E-state index in [1.807, 2.05) is 24.3 Å². The van der Waals surface area contributed by atoms with Crippen LogP contribution in [0.25, 0.3) is 0 Å². The first kappa shape index (κ1) is 13.3. The highest BCUT2D eigenvalue weighted by atomic mass is 16.3. The number of nitrogens with zero attached hydrogens (tertiary/aromatic N) is 4. The van der Waals surface area contributed by atoms with Gasteiger partial charge in [-0.05, 0) is 18.9 Å². The standard InChI is InChI=1S/C15H20N4O/c1-12-2-4-13(5-3-12)14(20)6-7-18-8-9-19-11-16-17-15(19)10-18/h2-5,11,14,20H,6-10H2,1H3. The Morgan fingerprint density at radius 2 is 2.05 bits per heavy atom. The lowest BCUT2D eigenvalue weighted by Gasteiger charge is -2.27. The molecular formula is C15H20N4O. The number of rotatable bonds is 4. The number of hydrogen-bond donors (Lipinski definition) is 1. The van der Waals surface area contributed by atoms with Crippen molar-refractivity contribution in [3.63, 3.8) is 0 Å². The predicted molar refractivity (Wildman–Crippen MR) is 76.1 cm³/mol. The van der Waals surface area contributed by atoms with Crippen molar-refractivity contribution in [3.8, 4) is 0 Å². The van der Waals surface area contributed by atoms with E-state index >= 15 is 0 Å². The SMILES string of the molecule is Cc1ccc(C(O)CCN2CCn3cnnc3C2)cc1. The summed E-state index contributed by atoms with van der Waals surface area (Å²) in [7, 11) is 0. The molecule has 1 aliphatic rings. The van der Waals surface area contributed by atoms with Crippen molar-refractivity contribution in [2.75, 3.05) is 13.1 Å². The number of benzene rings is 1. The lowest BCUT2D eigenvalue weighted by atomic mass is 10.0. The minimum atomic E-state index is -0.393. The maximum absolute atomic E-state index is 10.2. The summed E-state index contributed by atoms with van der Waals surface area (Å²) in [6.07, 6.45) is 2.14. The van der Waals surface area contributed by atoms with Gasteiger partial charge >= 0.3 is 0 Å². The van der Waals surface area contributed by atoms with Crippen molar-refractivity contribution in [2.45, 2.75) is 32.5 Å². The quantitative estimate of drug-likeness (QED) is 0.917. The van der Waals surface area contributed by atoms with Crippen molar-refractivity contribution in [3.05, 3.63) is 47.5 Å². The van der Waals surface area contributed by atoms with Crippen LogP contribution in [-0.2, 0) is 13.1 Å².